The number of piperazine rings is 1. The zero-order valence-electron chi connectivity index (χ0n) is 16.0. The fourth-order valence-electron chi connectivity index (χ4n) is 3.66. The van der Waals surface area contributed by atoms with Crippen LogP contribution in [0.4, 0.5) is 19.1 Å². The van der Waals surface area contributed by atoms with Gasteiger partial charge in [0.1, 0.15) is 0 Å². The van der Waals surface area contributed by atoms with E-state index < -0.39 is 11.7 Å². The zero-order valence-corrected chi connectivity index (χ0v) is 16.0. The highest BCUT2D eigenvalue weighted by Crippen LogP contribution is 2.31. The van der Waals surface area contributed by atoms with E-state index in [0.717, 1.165) is 60.4 Å². The molecule has 1 aliphatic heterocycles. The Kier molecular flexibility index (Phi) is 4.79. The molecule has 7 heteroatoms. The molecule has 2 heterocycles. The summed E-state index contributed by atoms with van der Waals surface area (Å²) in [6.07, 6.45) is -4.35. The van der Waals surface area contributed by atoms with E-state index in [1.54, 1.807) is 6.07 Å². The molecule has 1 aliphatic rings. The molecule has 1 saturated heterocycles. The highest BCUT2D eigenvalue weighted by Gasteiger charge is 2.30. The Morgan fingerprint density at radius 1 is 1.04 bits per heavy atom. The van der Waals surface area contributed by atoms with Crippen molar-refractivity contribution in [2.24, 2.45) is 0 Å². The molecule has 0 amide bonds. The topological polar surface area (TPSA) is 33.1 Å². The number of benzene rings is 2. The summed E-state index contributed by atoms with van der Waals surface area (Å²) in [7, 11) is 0. The van der Waals surface area contributed by atoms with E-state index in [-0.39, 0.29) is 0 Å². The smallest absolute Gasteiger partial charge is 0.340 e. The third-order valence-electron chi connectivity index (χ3n) is 5.34. The Labute approximate surface area is 162 Å². The molecule has 3 aromatic rings. The van der Waals surface area contributed by atoms with Gasteiger partial charge in [0.2, 0.25) is 5.95 Å². The molecule has 28 heavy (non-hydrogen) atoms. The first-order valence-electron chi connectivity index (χ1n) is 9.42. The van der Waals surface area contributed by atoms with Crippen LogP contribution in [-0.4, -0.2) is 35.7 Å². The molecule has 2 aromatic carbocycles. The van der Waals surface area contributed by atoms with Crippen LogP contribution in [0.5, 0.6) is 0 Å². The van der Waals surface area contributed by atoms with Crippen LogP contribution in [0.15, 0.2) is 36.4 Å². The van der Waals surface area contributed by atoms with Crippen molar-refractivity contribution in [2.75, 3.05) is 31.1 Å². The van der Waals surface area contributed by atoms with Crippen LogP contribution < -0.4 is 10.2 Å². The second-order valence-corrected chi connectivity index (χ2v) is 7.36. The van der Waals surface area contributed by atoms with Crippen LogP contribution >= 0.6 is 0 Å². The van der Waals surface area contributed by atoms with E-state index in [1.807, 2.05) is 18.4 Å². The molecule has 1 aromatic heterocycles. The highest BCUT2D eigenvalue weighted by atomic mass is 19.4. The number of hydrogen-bond donors (Lipinski definition) is 1. The van der Waals surface area contributed by atoms with Gasteiger partial charge < -0.3 is 14.8 Å². The van der Waals surface area contributed by atoms with Crippen LogP contribution in [0.2, 0.25) is 0 Å². The van der Waals surface area contributed by atoms with Gasteiger partial charge in [0.15, 0.2) is 0 Å². The minimum absolute atomic E-state index is 0.349. The van der Waals surface area contributed by atoms with Gasteiger partial charge in [-0.25, -0.2) is 4.98 Å². The number of anilines is 1. The quantitative estimate of drug-likeness (QED) is 0.732. The van der Waals surface area contributed by atoms with E-state index in [4.69, 9.17) is 4.98 Å². The van der Waals surface area contributed by atoms with Crippen LogP contribution in [0, 0.1) is 13.8 Å². The SMILES string of the molecule is Cc1cc2nc(N3CCNCC3)n(Cc3cccc(C(F)(F)F)c3)c2cc1C. The van der Waals surface area contributed by atoms with Crippen molar-refractivity contribution in [3.05, 3.63) is 58.7 Å². The molecule has 0 unspecified atom stereocenters. The van der Waals surface area contributed by atoms with E-state index in [9.17, 15) is 13.2 Å². The Morgan fingerprint density at radius 2 is 1.75 bits per heavy atom. The molecule has 0 radical (unpaired) electrons. The van der Waals surface area contributed by atoms with Gasteiger partial charge in [0.25, 0.3) is 0 Å². The second kappa shape index (κ2) is 7.13. The van der Waals surface area contributed by atoms with Gasteiger partial charge in [-0.1, -0.05) is 12.1 Å². The normalized spacial score (nSPS) is 15.4. The number of rotatable bonds is 3. The summed E-state index contributed by atoms with van der Waals surface area (Å²) in [5.41, 5.74) is 4.12. The molecule has 4 nitrogen and oxygen atoms in total. The Balaban J connectivity index is 1.81. The Hall–Kier alpha value is -2.54. The lowest BCUT2D eigenvalue weighted by Gasteiger charge is -2.29. The molecule has 0 spiro atoms. The second-order valence-electron chi connectivity index (χ2n) is 7.36. The van der Waals surface area contributed by atoms with E-state index in [0.29, 0.717) is 12.1 Å². The highest BCUT2D eigenvalue weighted by molar-refractivity contribution is 5.81. The monoisotopic (exact) mass is 388 g/mol. The number of alkyl halides is 3. The molecular weight excluding hydrogens is 365 g/mol. The lowest BCUT2D eigenvalue weighted by atomic mass is 10.1. The van der Waals surface area contributed by atoms with Crippen LogP contribution in [0.1, 0.15) is 22.3 Å². The molecule has 0 aliphatic carbocycles. The van der Waals surface area contributed by atoms with Crippen molar-refractivity contribution in [2.45, 2.75) is 26.6 Å². The maximum Gasteiger partial charge on any atom is 0.416 e. The number of aryl methyl sites for hydroxylation is 2. The summed E-state index contributed by atoms with van der Waals surface area (Å²) < 4.78 is 41.4. The minimum atomic E-state index is -4.35. The minimum Gasteiger partial charge on any atom is -0.340 e. The average Bonchev–Trinajstić information content (AvgIpc) is 3.00. The molecule has 0 atom stereocenters. The van der Waals surface area contributed by atoms with Crippen molar-refractivity contribution >= 4 is 17.0 Å². The summed E-state index contributed by atoms with van der Waals surface area (Å²) in [5.74, 6) is 0.818. The average molecular weight is 388 g/mol. The Bertz CT molecular complexity index is 1000. The number of imidazole rings is 1. The van der Waals surface area contributed by atoms with Crippen molar-refractivity contribution in [1.29, 1.82) is 0 Å². The Morgan fingerprint density at radius 3 is 2.46 bits per heavy atom. The van der Waals surface area contributed by atoms with Gasteiger partial charge in [0.05, 0.1) is 23.1 Å². The summed E-state index contributed by atoms with van der Waals surface area (Å²) in [6, 6.07) is 9.69. The number of fused-ring (bicyclic) bond motifs is 1. The van der Waals surface area contributed by atoms with Crippen LogP contribution in [0.25, 0.3) is 11.0 Å². The standard InChI is InChI=1S/C21H23F3N4/c1-14-10-18-19(11-15(14)2)28(20(26-18)27-8-6-25-7-9-27)13-16-4-3-5-17(12-16)21(22,23)24/h3-5,10-12,25H,6-9,13H2,1-2H3. The van der Waals surface area contributed by atoms with Crippen molar-refractivity contribution in [3.8, 4) is 0 Å². The summed E-state index contributed by atoms with van der Waals surface area (Å²) in [5, 5.41) is 3.33. The van der Waals surface area contributed by atoms with Gasteiger partial charge in [0, 0.05) is 26.2 Å². The fourth-order valence-corrected chi connectivity index (χ4v) is 3.66. The number of hydrogen-bond acceptors (Lipinski definition) is 3. The lowest BCUT2D eigenvalue weighted by Crippen LogP contribution is -2.44. The largest absolute Gasteiger partial charge is 0.416 e. The molecular formula is C21H23F3N4. The summed E-state index contributed by atoms with van der Waals surface area (Å²) >= 11 is 0. The first-order valence-corrected chi connectivity index (χ1v) is 9.42. The van der Waals surface area contributed by atoms with Crippen molar-refractivity contribution < 1.29 is 13.2 Å². The van der Waals surface area contributed by atoms with E-state index in [2.05, 4.69) is 22.3 Å². The molecule has 148 valence electrons. The van der Waals surface area contributed by atoms with Crippen molar-refractivity contribution in [1.82, 2.24) is 14.9 Å². The van der Waals surface area contributed by atoms with Crippen LogP contribution in [0.3, 0.4) is 0 Å². The third-order valence-corrected chi connectivity index (χ3v) is 5.34. The van der Waals surface area contributed by atoms with Gasteiger partial charge in [-0.3, -0.25) is 0 Å². The third kappa shape index (κ3) is 3.58. The predicted octanol–water partition coefficient (Wildman–Crippen LogP) is 4.13. The number of aromatic nitrogens is 2. The van der Waals surface area contributed by atoms with Gasteiger partial charge in [-0.05, 0) is 54.8 Å². The molecule has 1 fully saturated rings. The fraction of sp³-hybridized carbons (Fsp3) is 0.381. The predicted molar refractivity (Wildman–Crippen MR) is 105 cm³/mol. The number of halogens is 3. The molecule has 0 bridgehead atoms. The van der Waals surface area contributed by atoms with Gasteiger partial charge in [-0.2, -0.15) is 13.2 Å². The summed E-state index contributed by atoms with van der Waals surface area (Å²) in [4.78, 5) is 7.05. The molecule has 0 saturated carbocycles. The van der Waals surface area contributed by atoms with Crippen molar-refractivity contribution in [3.63, 3.8) is 0 Å². The zero-order chi connectivity index (χ0) is 19.9. The maximum absolute atomic E-state index is 13.1. The number of nitrogens with one attached hydrogen (secondary N) is 1. The van der Waals surface area contributed by atoms with E-state index in [1.165, 1.54) is 12.1 Å². The van der Waals surface area contributed by atoms with E-state index >= 15 is 0 Å². The molecule has 1 N–H and O–H groups in total. The lowest BCUT2D eigenvalue weighted by molar-refractivity contribution is -0.137. The maximum atomic E-state index is 13.1. The first-order chi connectivity index (χ1) is 13.3. The van der Waals surface area contributed by atoms with Gasteiger partial charge >= 0.3 is 6.18 Å². The summed E-state index contributed by atoms with van der Waals surface area (Å²) in [6.45, 7) is 7.82. The number of nitrogens with zero attached hydrogens (tertiary/aromatic N) is 3. The molecule has 4 rings (SSSR count). The first kappa shape index (κ1) is 18.8. The van der Waals surface area contributed by atoms with Crippen LogP contribution in [-0.2, 0) is 12.7 Å². The van der Waals surface area contributed by atoms with Gasteiger partial charge in [-0.15, -0.1) is 0 Å².